The fraction of sp³-hybridized carbons (Fsp3) is 0.950. The molecule has 0 aromatic carbocycles. The molecule has 3 rings (SSSR count). The molecule has 1 N–H and O–H groups in total. The summed E-state index contributed by atoms with van der Waals surface area (Å²) in [6.07, 6.45) is 16.7. The van der Waals surface area contributed by atoms with Gasteiger partial charge in [0.05, 0.1) is 5.92 Å². The van der Waals surface area contributed by atoms with Crippen molar-refractivity contribution in [3.05, 3.63) is 0 Å². The molecule has 3 fully saturated rings. The van der Waals surface area contributed by atoms with Crippen molar-refractivity contribution in [2.45, 2.75) is 84.0 Å². The topological polar surface area (TPSA) is 37.3 Å². The van der Waals surface area contributed by atoms with Crippen LogP contribution < -0.4 is 0 Å². The normalized spacial score (nSPS) is 38.2. The third kappa shape index (κ3) is 3.86. The summed E-state index contributed by atoms with van der Waals surface area (Å²) >= 11 is 0. The van der Waals surface area contributed by atoms with E-state index in [1.807, 2.05) is 6.92 Å². The van der Waals surface area contributed by atoms with Gasteiger partial charge >= 0.3 is 5.97 Å². The minimum atomic E-state index is -0.606. The number of rotatable bonds is 4. The summed E-state index contributed by atoms with van der Waals surface area (Å²) in [6.45, 7) is 1.89. The Morgan fingerprint density at radius 1 is 0.864 bits per heavy atom. The molecule has 0 amide bonds. The fourth-order valence-corrected chi connectivity index (χ4v) is 5.88. The summed E-state index contributed by atoms with van der Waals surface area (Å²) in [7, 11) is 0. The second-order valence-corrected chi connectivity index (χ2v) is 8.65. The molecule has 0 radical (unpaired) electrons. The smallest absolute Gasteiger partial charge is 0.306 e. The van der Waals surface area contributed by atoms with E-state index in [9.17, 15) is 4.79 Å². The van der Waals surface area contributed by atoms with E-state index in [1.54, 1.807) is 0 Å². The maximum Gasteiger partial charge on any atom is 0.306 e. The van der Waals surface area contributed by atoms with E-state index in [4.69, 9.17) is 5.11 Å². The SMILES string of the molecule is CC(CC1CCC2CCC(C3CCCCC3)CC2C1)C(=O)O. The summed E-state index contributed by atoms with van der Waals surface area (Å²) < 4.78 is 0. The van der Waals surface area contributed by atoms with Crippen LogP contribution in [0.5, 0.6) is 0 Å². The third-order valence-electron chi connectivity index (χ3n) is 7.19. The Labute approximate surface area is 136 Å². The highest BCUT2D eigenvalue weighted by atomic mass is 16.4. The first-order chi connectivity index (χ1) is 10.6. The molecule has 2 nitrogen and oxygen atoms in total. The minimum Gasteiger partial charge on any atom is -0.481 e. The van der Waals surface area contributed by atoms with Gasteiger partial charge in [0, 0.05) is 0 Å². The molecular weight excluding hydrogens is 272 g/mol. The van der Waals surface area contributed by atoms with Gasteiger partial charge in [0.25, 0.3) is 0 Å². The lowest BCUT2D eigenvalue weighted by Crippen LogP contribution is -2.34. The third-order valence-corrected chi connectivity index (χ3v) is 7.19. The van der Waals surface area contributed by atoms with Crippen molar-refractivity contribution in [1.82, 2.24) is 0 Å². The fourth-order valence-electron chi connectivity index (χ4n) is 5.88. The van der Waals surface area contributed by atoms with Gasteiger partial charge in [-0.3, -0.25) is 4.79 Å². The van der Waals surface area contributed by atoms with E-state index in [2.05, 4.69) is 0 Å². The monoisotopic (exact) mass is 306 g/mol. The van der Waals surface area contributed by atoms with Gasteiger partial charge in [-0.25, -0.2) is 0 Å². The molecule has 5 atom stereocenters. The Kier molecular flexibility index (Phi) is 5.46. The van der Waals surface area contributed by atoms with Crippen LogP contribution in [0.15, 0.2) is 0 Å². The first-order valence-electron chi connectivity index (χ1n) is 9.86. The van der Waals surface area contributed by atoms with Crippen LogP contribution in [0, 0.1) is 35.5 Å². The molecular formula is C20H34O2. The van der Waals surface area contributed by atoms with Crippen LogP contribution in [0.25, 0.3) is 0 Å². The van der Waals surface area contributed by atoms with Crippen molar-refractivity contribution in [1.29, 1.82) is 0 Å². The molecule has 3 aliphatic rings. The van der Waals surface area contributed by atoms with Crippen molar-refractivity contribution in [3.8, 4) is 0 Å². The molecule has 2 heteroatoms. The van der Waals surface area contributed by atoms with Crippen molar-refractivity contribution in [2.24, 2.45) is 35.5 Å². The number of aliphatic carboxylic acids is 1. The first-order valence-corrected chi connectivity index (χ1v) is 9.86. The van der Waals surface area contributed by atoms with E-state index in [0.29, 0.717) is 5.92 Å². The molecule has 0 aromatic heterocycles. The van der Waals surface area contributed by atoms with Gasteiger partial charge in [-0.1, -0.05) is 45.4 Å². The Morgan fingerprint density at radius 3 is 2.23 bits per heavy atom. The zero-order valence-corrected chi connectivity index (χ0v) is 14.3. The lowest BCUT2D eigenvalue weighted by molar-refractivity contribution is -0.141. The van der Waals surface area contributed by atoms with E-state index in [-0.39, 0.29) is 5.92 Å². The molecule has 3 aliphatic carbocycles. The lowest BCUT2D eigenvalue weighted by atomic mass is 9.61. The van der Waals surface area contributed by atoms with E-state index >= 15 is 0 Å². The van der Waals surface area contributed by atoms with Crippen molar-refractivity contribution < 1.29 is 9.90 Å². The van der Waals surface area contributed by atoms with Crippen LogP contribution in [-0.2, 0) is 4.79 Å². The van der Waals surface area contributed by atoms with Gasteiger partial charge in [-0.15, -0.1) is 0 Å². The Balaban J connectivity index is 1.53. The zero-order chi connectivity index (χ0) is 15.5. The summed E-state index contributed by atoms with van der Waals surface area (Å²) in [5, 5.41) is 9.16. The number of hydrogen-bond acceptors (Lipinski definition) is 1. The average Bonchev–Trinajstić information content (AvgIpc) is 2.55. The van der Waals surface area contributed by atoms with Gasteiger partial charge in [0.2, 0.25) is 0 Å². The van der Waals surface area contributed by atoms with E-state index < -0.39 is 5.97 Å². The molecule has 126 valence electrons. The Morgan fingerprint density at radius 2 is 1.50 bits per heavy atom. The molecule has 0 heterocycles. The maximum atomic E-state index is 11.1. The van der Waals surface area contributed by atoms with Crippen molar-refractivity contribution >= 4 is 5.97 Å². The molecule has 3 saturated carbocycles. The molecule has 0 saturated heterocycles. The Bertz CT molecular complexity index is 372. The molecule has 0 aromatic rings. The zero-order valence-electron chi connectivity index (χ0n) is 14.3. The highest BCUT2D eigenvalue weighted by molar-refractivity contribution is 5.69. The standard InChI is InChI=1S/C20H34O2/c1-14(20(21)22)11-15-7-8-17-9-10-18(13-19(17)12-15)16-5-3-2-4-6-16/h14-19H,2-13H2,1H3,(H,21,22). The van der Waals surface area contributed by atoms with Gasteiger partial charge in [-0.05, 0) is 68.1 Å². The van der Waals surface area contributed by atoms with Crippen LogP contribution >= 0.6 is 0 Å². The predicted molar refractivity (Wildman–Crippen MR) is 89.7 cm³/mol. The highest BCUT2D eigenvalue weighted by Crippen LogP contribution is 2.49. The van der Waals surface area contributed by atoms with Crippen LogP contribution in [-0.4, -0.2) is 11.1 Å². The molecule has 22 heavy (non-hydrogen) atoms. The molecule has 0 bridgehead atoms. The van der Waals surface area contributed by atoms with Crippen LogP contribution in [0.2, 0.25) is 0 Å². The van der Waals surface area contributed by atoms with Crippen LogP contribution in [0.1, 0.15) is 84.0 Å². The van der Waals surface area contributed by atoms with Gasteiger partial charge in [0.1, 0.15) is 0 Å². The number of hydrogen-bond donors (Lipinski definition) is 1. The predicted octanol–water partition coefficient (Wildman–Crippen LogP) is 5.51. The van der Waals surface area contributed by atoms with Crippen LogP contribution in [0.3, 0.4) is 0 Å². The second kappa shape index (κ2) is 7.36. The van der Waals surface area contributed by atoms with Gasteiger partial charge in [-0.2, -0.15) is 0 Å². The number of carboxylic acids is 1. The largest absolute Gasteiger partial charge is 0.481 e. The molecule has 0 aliphatic heterocycles. The van der Waals surface area contributed by atoms with Gasteiger partial charge in [0.15, 0.2) is 0 Å². The van der Waals surface area contributed by atoms with Crippen LogP contribution in [0.4, 0.5) is 0 Å². The van der Waals surface area contributed by atoms with E-state index in [1.165, 1.54) is 70.6 Å². The summed E-state index contributed by atoms with van der Waals surface area (Å²) in [4.78, 5) is 11.1. The first kappa shape index (κ1) is 16.3. The number of fused-ring (bicyclic) bond motifs is 1. The summed E-state index contributed by atoms with van der Waals surface area (Å²) in [6, 6.07) is 0. The average molecular weight is 306 g/mol. The number of carboxylic acid groups (broad SMARTS) is 1. The second-order valence-electron chi connectivity index (χ2n) is 8.65. The van der Waals surface area contributed by atoms with Crippen molar-refractivity contribution in [2.75, 3.05) is 0 Å². The summed E-state index contributed by atoms with van der Waals surface area (Å²) in [5.41, 5.74) is 0. The van der Waals surface area contributed by atoms with Gasteiger partial charge < -0.3 is 5.11 Å². The van der Waals surface area contributed by atoms with E-state index in [0.717, 1.165) is 30.1 Å². The molecule has 5 unspecified atom stereocenters. The minimum absolute atomic E-state index is 0.153. The summed E-state index contributed by atoms with van der Waals surface area (Å²) in [5.74, 6) is 3.82. The Hall–Kier alpha value is -0.530. The molecule has 0 spiro atoms. The highest BCUT2D eigenvalue weighted by Gasteiger charge is 2.38. The maximum absolute atomic E-state index is 11.1. The quantitative estimate of drug-likeness (QED) is 0.743. The van der Waals surface area contributed by atoms with Crippen molar-refractivity contribution in [3.63, 3.8) is 0 Å². The number of carbonyl (C=O) groups is 1. The lowest BCUT2D eigenvalue weighted by Gasteiger charge is -2.45.